The van der Waals surface area contributed by atoms with Crippen LogP contribution in [0.2, 0.25) is 12.6 Å². The van der Waals surface area contributed by atoms with Crippen LogP contribution in [0, 0.1) is 0 Å². The number of carbonyl (C=O) groups excluding carboxylic acids is 1. The molecule has 1 rings (SSSR count). The molecule has 19 heavy (non-hydrogen) atoms. The van der Waals surface area contributed by atoms with Gasteiger partial charge in [-0.3, -0.25) is 4.79 Å². The minimum Gasteiger partial charge on any atom is -0.395 e. The molecule has 1 aliphatic rings. The van der Waals surface area contributed by atoms with Crippen molar-refractivity contribution in [1.82, 2.24) is 4.90 Å². The van der Waals surface area contributed by atoms with Crippen molar-refractivity contribution in [2.45, 2.75) is 58.5 Å². The molecule has 1 heterocycles. The molecule has 0 aliphatic carbocycles. The van der Waals surface area contributed by atoms with E-state index in [1.807, 2.05) is 18.7 Å². The molecule has 1 fully saturated rings. The summed E-state index contributed by atoms with van der Waals surface area (Å²) in [5.74, 6) is 0.327. The van der Waals surface area contributed by atoms with Gasteiger partial charge in [0, 0.05) is 32.7 Å². The molecule has 5 heteroatoms. The highest BCUT2D eigenvalue weighted by molar-refractivity contribution is 6.66. The molecule has 0 atom stereocenters. The Morgan fingerprint density at radius 2 is 1.84 bits per heavy atom. The molecule has 0 radical (unpaired) electrons. The molecule has 0 aromatic rings. The van der Waals surface area contributed by atoms with Gasteiger partial charge in [0.1, 0.15) is 0 Å². The lowest BCUT2D eigenvalue weighted by atomic mass is 10.2. The first-order valence-corrected chi connectivity index (χ1v) is 10.2. The fraction of sp³-hybridized carbons (Fsp3) is 0.929. The number of carbonyl (C=O) groups is 1. The van der Waals surface area contributed by atoms with E-state index in [9.17, 15) is 4.79 Å². The molecule has 0 aromatic heterocycles. The van der Waals surface area contributed by atoms with Gasteiger partial charge in [-0.15, -0.1) is 0 Å². The molecular formula is C14H29NO3Si. The van der Waals surface area contributed by atoms with Crippen molar-refractivity contribution in [3.8, 4) is 0 Å². The van der Waals surface area contributed by atoms with E-state index in [4.69, 9.17) is 8.85 Å². The summed E-state index contributed by atoms with van der Waals surface area (Å²) < 4.78 is 11.6. The molecule has 0 spiro atoms. The zero-order valence-electron chi connectivity index (χ0n) is 12.7. The second-order valence-corrected chi connectivity index (χ2v) is 8.64. The molecule has 0 aromatic carbocycles. The monoisotopic (exact) mass is 287 g/mol. The molecule has 4 nitrogen and oxygen atoms in total. The van der Waals surface area contributed by atoms with E-state index < -0.39 is 8.56 Å². The predicted octanol–water partition coefficient (Wildman–Crippen LogP) is 2.92. The van der Waals surface area contributed by atoms with Gasteiger partial charge < -0.3 is 13.8 Å². The van der Waals surface area contributed by atoms with Gasteiger partial charge >= 0.3 is 8.56 Å². The van der Waals surface area contributed by atoms with E-state index in [-0.39, 0.29) is 0 Å². The summed E-state index contributed by atoms with van der Waals surface area (Å²) in [4.78, 5) is 13.9. The van der Waals surface area contributed by atoms with Gasteiger partial charge in [0.15, 0.2) is 0 Å². The van der Waals surface area contributed by atoms with Crippen LogP contribution in [0.5, 0.6) is 0 Å². The summed E-state index contributed by atoms with van der Waals surface area (Å²) in [5, 5.41) is 0. The highest BCUT2D eigenvalue weighted by Crippen LogP contribution is 2.18. The van der Waals surface area contributed by atoms with E-state index in [1.165, 1.54) is 6.42 Å². The van der Waals surface area contributed by atoms with Crippen molar-refractivity contribution in [3.05, 3.63) is 0 Å². The van der Waals surface area contributed by atoms with Crippen LogP contribution in [0.15, 0.2) is 0 Å². The molecule has 0 N–H and O–H groups in total. The molecule has 1 saturated heterocycles. The van der Waals surface area contributed by atoms with Crippen LogP contribution in [0.4, 0.5) is 0 Å². The Hall–Kier alpha value is -0.393. The van der Waals surface area contributed by atoms with Crippen LogP contribution in [-0.2, 0) is 13.6 Å². The summed E-state index contributed by atoms with van der Waals surface area (Å²) >= 11 is 0. The van der Waals surface area contributed by atoms with Crippen LogP contribution in [0.3, 0.4) is 0 Å². The highest BCUT2D eigenvalue weighted by Gasteiger charge is 2.30. The zero-order valence-corrected chi connectivity index (χ0v) is 13.7. The van der Waals surface area contributed by atoms with Gasteiger partial charge in [0.25, 0.3) is 0 Å². The Bertz CT molecular complexity index is 267. The smallest absolute Gasteiger partial charge is 0.334 e. The number of amides is 1. The summed E-state index contributed by atoms with van der Waals surface area (Å²) in [5.41, 5.74) is 0. The SMILES string of the molecule is CCO[Si](C)(CCCN1CCCCCC1=O)OCC. The Kier molecular flexibility index (Phi) is 7.64. The summed E-state index contributed by atoms with van der Waals surface area (Å²) in [7, 11) is -2.01. The summed E-state index contributed by atoms with van der Waals surface area (Å²) in [6.07, 6.45) is 5.11. The van der Waals surface area contributed by atoms with Crippen molar-refractivity contribution < 1.29 is 13.6 Å². The Labute approximate surface area is 118 Å². The molecule has 0 unspecified atom stereocenters. The van der Waals surface area contributed by atoms with Crippen LogP contribution >= 0.6 is 0 Å². The van der Waals surface area contributed by atoms with E-state index in [1.54, 1.807) is 0 Å². The van der Waals surface area contributed by atoms with Gasteiger partial charge in [-0.2, -0.15) is 0 Å². The van der Waals surface area contributed by atoms with Crippen molar-refractivity contribution in [3.63, 3.8) is 0 Å². The molecule has 0 saturated carbocycles. The number of likely N-dealkylation sites (tertiary alicyclic amines) is 1. The van der Waals surface area contributed by atoms with Crippen molar-refractivity contribution >= 4 is 14.5 Å². The number of nitrogens with zero attached hydrogens (tertiary/aromatic N) is 1. The van der Waals surface area contributed by atoms with E-state index in [2.05, 4.69) is 6.55 Å². The van der Waals surface area contributed by atoms with Crippen LogP contribution < -0.4 is 0 Å². The van der Waals surface area contributed by atoms with Gasteiger partial charge in [0.2, 0.25) is 5.91 Å². The minimum absolute atomic E-state index is 0.327. The molecule has 0 bridgehead atoms. The molecule has 1 amide bonds. The average Bonchev–Trinajstić information content (AvgIpc) is 2.55. The van der Waals surface area contributed by atoms with E-state index in [0.717, 1.165) is 44.8 Å². The number of hydrogen-bond donors (Lipinski definition) is 0. The average molecular weight is 287 g/mol. The fourth-order valence-corrected chi connectivity index (χ4v) is 5.06. The highest BCUT2D eigenvalue weighted by atomic mass is 28.4. The lowest BCUT2D eigenvalue weighted by Crippen LogP contribution is -2.40. The third kappa shape index (κ3) is 6.06. The van der Waals surface area contributed by atoms with Crippen molar-refractivity contribution in [1.29, 1.82) is 0 Å². The predicted molar refractivity (Wildman–Crippen MR) is 79.3 cm³/mol. The fourth-order valence-electron chi connectivity index (χ4n) is 2.66. The summed E-state index contributed by atoms with van der Waals surface area (Å²) in [6, 6.07) is 0.971. The first-order chi connectivity index (χ1) is 9.11. The molecular weight excluding hydrogens is 258 g/mol. The first kappa shape index (κ1) is 16.7. The van der Waals surface area contributed by atoms with Crippen LogP contribution in [-0.4, -0.2) is 45.7 Å². The van der Waals surface area contributed by atoms with Gasteiger partial charge in [-0.05, 0) is 45.7 Å². The lowest BCUT2D eigenvalue weighted by Gasteiger charge is -2.27. The van der Waals surface area contributed by atoms with Crippen molar-refractivity contribution in [2.75, 3.05) is 26.3 Å². The maximum atomic E-state index is 11.9. The second kappa shape index (κ2) is 8.71. The Morgan fingerprint density at radius 1 is 1.16 bits per heavy atom. The third-order valence-corrected chi connectivity index (χ3v) is 6.69. The normalized spacial score (nSPS) is 17.6. The van der Waals surface area contributed by atoms with Crippen LogP contribution in [0.25, 0.3) is 0 Å². The lowest BCUT2D eigenvalue weighted by molar-refractivity contribution is -0.130. The topological polar surface area (TPSA) is 38.8 Å². The maximum absolute atomic E-state index is 11.9. The number of hydrogen-bond acceptors (Lipinski definition) is 3. The van der Waals surface area contributed by atoms with Gasteiger partial charge in [-0.1, -0.05) is 6.42 Å². The molecule has 112 valence electrons. The van der Waals surface area contributed by atoms with Gasteiger partial charge in [-0.25, -0.2) is 0 Å². The van der Waals surface area contributed by atoms with E-state index in [0.29, 0.717) is 19.1 Å². The quantitative estimate of drug-likeness (QED) is 0.644. The van der Waals surface area contributed by atoms with Gasteiger partial charge in [0.05, 0.1) is 0 Å². The van der Waals surface area contributed by atoms with Crippen molar-refractivity contribution in [2.24, 2.45) is 0 Å². The summed E-state index contributed by atoms with van der Waals surface area (Å²) in [6.45, 7) is 9.38. The Balaban J connectivity index is 2.35. The third-order valence-electron chi connectivity index (χ3n) is 3.63. The van der Waals surface area contributed by atoms with E-state index >= 15 is 0 Å². The minimum atomic E-state index is -2.01. The maximum Gasteiger partial charge on any atom is 0.334 e. The first-order valence-electron chi connectivity index (χ1n) is 7.67. The molecule has 1 aliphatic heterocycles. The largest absolute Gasteiger partial charge is 0.395 e. The zero-order chi connectivity index (χ0) is 14.1. The second-order valence-electron chi connectivity index (χ2n) is 5.29. The number of rotatable bonds is 8. The standard InChI is InChI=1S/C14H29NO3Si/c1-4-17-19(3,18-5-2)13-9-12-15-11-8-6-7-10-14(15)16/h4-13H2,1-3H3. The Morgan fingerprint density at radius 3 is 2.47 bits per heavy atom. The van der Waals surface area contributed by atoms with Crippen LogP contribution in [0.1, 0.15) is 46.0 Å².